The van der Waals surface area contributed by atoms with E-state index in [0.29, 0.717) is 29.2 Å². The number of rotatable bonds is 5. The standard InChI is InChI=1S/C22H21N3O3S/c1-14-7-6-10-18-19(14)23-22(29-18)25(12-11-24(2)3)20(26)16-13-15-8-4-5-9-17(15)28-21(16)27/h4-10,13H,11-12H2,1-3H3. The van der Waals surface area contributed by atoms with Crippen LogP contribution in [0.4, 0.5) is 5.13 Å². The number of thiazole rings is 1. The van der Waals surface area contributed by atoms with Gasteiger partial charge in [0.15, 0.2) is 5.13 Å². The minimum Gasteiger partial charge on any atom is -0.422 e. The molecule has 0 saturated heterocycles. The molecule has 2 aromatic heterocycles. The molecule has 2 heterocycles. The molecule has 0 saturated carbocycles. The van der Waals surface area contributed by atoms with Crippen LogP contribution in [0.15, 0.2) is 57.7 Å². The van der Waals surface area contributed by atoms with E-state index in [1.54, 1.807) is 23.1 Å². The summed E-state index contributed by atoms with van der Waals surface area (Å²) in [6, 6.07) is 14.7. The van der Waals surface area contributed by atoms with E-state index >= 15 is 0 Å². The summed E-state index contributed by atoms with van der Waals surface area (Å²) >= 11 is 1.45. The van der Waals surface area contributed by atoms with Crippen molar-refractivity contribution in [2.45, 2.75) is 6.92 Å². The number of para-hydroxylation sites is 2. The van der Waals surface area contributed by atoms with Gasteiger partial charge in [-0.05, 0) is 44.8 Å². The van der Waals surface area contributed by atoms with Crippen molar-refractivity contribution in [3.8, 4) is 0 Å². The second kappa shape index (κ2) is 7.77. The van der Waals surface area contributed by atoms with Gasteiger partial charge < -0.3 is 9.32 Å². The number of nitrogens with zero attached hydrogens (tertiary/aromatic N) is 3. The van der Waals surface area contributed by atoms with Gasteiger partial charge in [-0.2, -0.15) is 0 Å². The molecular weight excluding hydrogens is 386 g/mol. The highest BCUT2D eigenvalue weighted by molar-refractivity contribution is 7.22. The molecule has 0 aliphatic heterocycles. The molecular formula is C22H21N3O3S. The van der Waals surface area contributed by atoms with E-state index in [9.17, 15) is 9.59 Å². The molecule has 0 N–H and O–H groups in total. The van der Waals surface area contributed by atoms with Gasteiger partial charge in [-0.25, -0.2) is 9.78 Å². The van der Waals surface area contributed by atoms with Gasteiger partial charge in [0, 0.05) is 18.5 Å². The van der Waals surface area contributed by atoms with Crippen LogP contribution < -0.4 is 10.5 Å². The highest BCUT2D eigenvalue weighted by atomic mass is 32.1. The summed E-state index contributed by atoms with van der Waals surface area (Å²) in [5, 5.41) is 1.29. The number of aryl methyl sites for hydroxylation is 1. The van der Waals surface area contributed by atoms with Crippen LogP contribution in [0.1, 0.15) is 15.9 Å². The minimum absolute atomic E-state index is 0.0124. The van der Waals surface area contributed by atoms with Crippen LogP contribution in [0.3, 0.4) is 0 Å². The molecule has 6 nitrogen and oxygen atoms in total. The number of carbonyl (C=O) groups is 1. The largest absolute Gasteiger partial charge is 0.422 e. The molecule has 0 bridgehead atoms. The summed E-state index contributed by atoms with van der Waals surface area (Å²) < 4.78 is 6.38. The zero-order valence-corrected chi connectivity index (χ0v) is 17.3. The Bertz CT molecular complexity index is 1260. The molecule has 0 aliphatic carbocycles. The lowest BCUT2D eigenvalue weighted by molar-refractivity contribution is 0.0982. The van der Waals surface area contributed by atoms with Crippen LogP contribution in [-0.4, -0.2) is 43.0 Å². The van der Waals surface area contributed by atoms with Crippen LogP contribution >= 0.6 is 11.3 Å². The van der Waals surface area contributed by atoms with E-state index in [4.69, 9.17) is 9.40 Å². The zero-order chi connectivity index (χ0) is 20.5. The van der Waals surface area contributed by atoms with E-state index in [1.165, 1.54) is 11.3 Å². The van der Waals surface area contributed by atoms with Gasteiger partial charge in [0.25, 0.3) is 5.91 Å². The molecule has 1 amide bonds. The van der Waals surface area contributed by atoms with Crippen molar-refractivity contribution >= 4 is 43.6 Å². The molecule has 148 valence electrons. The SMILES string of the molecule is Cc1cccc2sc(N(CCN(C)C)C(=O)c3cc4ccccc4oc3=O)nc12. The van der Waals surface area contributed by atoms with Gasteiger partial charge in [0.2, 0.25) is 0 Å². The number of aromatic nitrogens is 1. The van der Waals surface area contributed by atoms with E-state index in [0.717, 1.165) is 15.8 Å². The van der Waals surface area contributed by atoms with E-state index in [2.05, 4.69) is 0 Å². The number of amides is 1. The van der Waals surface area contributed by atoms with Crippen LogP contribution in [0.25, 0.3) is 21.2 Å². The summed E-state index contributed by atoms with van der Waals surface area (Å²) in [7, 11) is 3.88. The maximum atomic E-state index is 13.4. The fourth-order valence-electron chi connectivity index (χ4n) is 3.13. The molecule has 2 aromatic carbocycles. The first-order chi connectivity index (χ1) is 13.9. The lowest BCUT2D eigenvalue weighted by Gasteiger charge is -2.21. The van der Waals surface area contributed by atoms with Crippen LogP contribution in [0.5, 0.6) is 0 Å². The maximum absolute atomic E-state index is 13.4. The van der Waals surface area contributed by atoms with Gasteiger partial charge in [-0.15, -0.1) is 0 Å². The highest BCUT2D eigenvalue weighted by Gasteiger charge is 2.25. The van der Waals surface area contributed by atoms with Gasteiger partial charge in [-0.3, -0.25) is 9.69 Å². The molecule has 29 heavy (non-hydrogen) atoms. The maximum Gasteiger partial charge on any atom is 0.349 e. The Morgan fingerprint density at radius 3 is 2.66 bits per heavy atom. The Morgan fingerprint density at radius 2 is 1.90 bits per heavy atom. The topological polar surface area (TPSA) is 66.7 Å². The van der Waals surface area contributed by atoms with Gasteiger partial charge in [-0.1, -0.05) is 41.7 Å². The third-order valence-electron chi connectivity index (χ3n) is 4.73. The van der Waals surface area contributed by atoms with Crippen molar-refractivity contribution in [2.24, 2.45) is 0 Å². The van der Waals surface area contributed by atoms with Crippen molar-refractivity contribution in [3.05, 3.63) is 70.1 Å². The van der Waals surface area contributed by atoms with Crippen LogP contribution in [-0.2, 0) is 0 Å². The Kier molecular flexibility index (Phi) is 5.17. The number of fused-ring (bicyclic) bond motifs is 2. The summed E-state index contributed by atoms with van der Waals surface area (Å²) in [6.45, 7) is 3.05. The molecule has 0 atom stereocenters. The highest BCUT2D eigenvalue weighted by Crippen LogP contribution is 2.31. The predicted octanol–water partition coefficient (Wildman–Crippen LogP) is 3.92. The molecule has 0 aliphatic rings. The molecule has 4 rings (SSSR count). The molecule has 4 aromatic rings. The first-order valence-corrected chi connectivity index (χ1v) is 10.1. The lowest BCUT2D eigenvalue weighted by Crippen LogP contribution is -2.38. The second-order valence-electron chi connectivity index (χ2n) is 7.16. The molecule has 7 heteroatoms. The average molecular weight is 407 g/mol. The second-order valence-corrected chi connectivity index (χ2v) is 8.17. The Labute approximate surface area is 172 Å². The summed E-state index contributed by atoms with van der Waals surface area (Å²) in [5.74, 6) is -0.400. The van der Waals surface area contributed by atoms with Gasteiger partial charge in [0.05, 0.1) is 10.2 Å². The van der Waals surface area contributed by atoms with Gasteiger partial charge in [0.1, 0.15) is 11.1 Å². The monoisotopic (exact) mass is 407 g/mol. The molecule has 0 radical (unpaired) electrons. The smallest absolute Gasteiger partial charge is 0.349 e. The number of hydrogen-bond acceptors (Lipinski definition) is 6. The van der Waals surface area contributed by atoms with Crippen molar-refractivity contribution in [1.29, 1.82) is 0 Å². The van der Waals surface area contributed by atoms with Gasteiger partial charge >= 0.3 is 5.63 Å². The fraction of sp³-hybridized carbons (Fsp3) is 0.227. The summed E-state index contributed by atoms with van der Waals surface area (Å²) in [4.78, 5) is 34.2. The Balaban J connectivity index is 1.80. The average Bonchev–Trinajstić information content (AvgIpc) is 3.12. The van der Waals surface area contributed by atoms with E-state index in [1.807, 2.05) is 56.3 Å². The van der Waals surface area contributed by atoms with E-state index in [-0.39, 0.29) is 5.56 Å². The third-order valence-corrected chi connectivity index (χ3v) is 5.77. The van der Waals surface area contributed by atoms with E-state index < -0.39 is 11.5 Å². The van der Waals surface area contributed by atoms with Crippen LogP contribution in [0, 0.1) is 6.92 Å². The van der Waals surface area contributed by atoms with Crippen molar-refractivity contribution in [1.82, 2.24) is 9.88 Å². The summed E-state index contributed by atoms with van der Waals surface area (Å²) in [6.07, 6.45) is 0. The van der Waals surface area contributed by atoms with Crippen LogP contribution in [0.2, 0.25) is 0 Å². The quantitative estimate of drug-likeness (QED) is 0.469. The fourth-order valence-corrected chi connectivity index (χ4v) is 4.20. The number of benzene rings is 2. The van der Waals surface area contributed by atoms with Crippen molar-refractivity contribution in [3.63, 3.8) is 0 Å². The number of anilines is 1. The van der Waals surface area contributed by atoms with Crippen molar-refractivity contribution in [2.75, 3.05) is 32.1 Å². The molecule has 0 unspecified atom stereocenters. The minimum atomic E-state index is -0.638. The number of carbonyl (C=O) groups excluding carboxylic acids is 1. The lowest BCUT2D eigenvalue weighted by atomic mass is 10.1. The molecule has 0 spiro atoms. The zero-order valence-electron chi connectivity index (χ0n) is 16.5. The first kappa shape index (κ1) is 19.3. The summed E-state index contributed by atoms with van der Waals surface area (Å²) in [5.41, 5.74) is 1.76. The van der Waals surface area contributed by atoms with Crippen molar-refractivity contribution < 1.29 is 9.21 Å². The number of hydrogen-bond donors (Lipinski definition) is 0. The normalized spacial score (nSPS) is 11.4. The first-order valence-electron chi connectivity index (χ1n) is 9.29. The predicted molar refractivity (Wildman–Crippen MR) is 117 cm³/mol. The Morgan fingerprint density at radius 1 is 1.10 bits per heavy atom. The Hall–Kier alpha value is -3.03. The third kappa shape index (κ3) is 3.79. The number of likely N-dealkylation sites (N-methyl/N-ethyl adjacent to an activating group) is 1. The molecule has 0 fully saturated rings.